The van der Waals surface area contributed by atoms with Crippen LogP contribution in [-0.4, -0.2) is 72.1 Å². The molecule has 2 heterocycles. The molecule has 4 rings (SSSR count). The number of piperazine rings is 1. The van der Waals surface area contributed by atoms with E-state index >= 15 is 0 Å². The molecule has 1 aliphatic heterocycles. The van der Waals surface area contributed by atoms with E-state index in [9.17, 15) is 26.7 Å². The van der Waals surface area contributed by atoms with Gasteiger partial charge in [-0.25, -0.2) is 13.8 Å². The number of aromatic amines is 1. The number of halogens is 5. The maximum absolute atomic E-state index is 13.4. The predicted octanol–water partition coefficient (Wildman–Crippen LogP) is 4.38. The standard InChI is InChI=1S/C27H26F5N5O2/c1-36-8-10-37(11-9-36)7-2-12-39-23-5-4-19(26-33-17-24(35-26)27(30,31)32)15-22(23)34-25(38)6-3-18-13-20(28)16-21(29)14-18/h4-5,13-17H,2,7-12H2,1H3,(H,33,35)(H,34,38). The van der Waals surface area contributed by atoms with Crippen LogP contribution in [0.15, 0.2) is 42.6 Å². The number of hydrogen-bond acceptors (Lipinski definition) is 5. The molecule has 2 N–H and O–H groups in total. The number of carbonyl (C=O) groups excluding carboxylic acids is 1. The van der Waals surface area contributed by atoms with Crippen LogP contribution >= 0.6 is 0 Å². The molecule has 0 saturated carbocycles. The number of rotatable bonds is 7. The van der Waals surface area contributed by atoms with Crippen LogP contribution in [0.5, 0.6) is 5.75 Å². The Bertz CT molecular complexity index is 1350. The van der Waals surface area contributed by atoms with Gasteiger partial charge < -0.3 is 24.8 Å². The van der Waals surface area contributed by atoms with Crippen LogP contribution in [0.3, 0.4) is 0 Å². The second-order valence-electron chi connectivity index (χ2n) is 9.06. The first-order valence-corrected chi connectivity index (χ1v) is 12.2. The van der Waals surface area contributed by atoms with Gasteiger partial charge >= 0.3 is 12.1 Å². The fraction of sp³-hybridized carbons (Fsp3) is 0.333. The highest BCUT2D eigenvalue weighted by molar-refractivity contribution is 6.05. The Morgan fingerprint density at radius 1 is 1.10 bits per heavy atom. The van der Waals surface area contributed by atoms with Gasteiger partial charge in [0.2, 0.25) is 0 Å². The third-order valence-electron chi connectivity index (χ3n) is 6.04. The molecule has 39 heavy (non-hydrogen) atoms. The molecule has 2 aromatic carbocycles. The maximum Gasteiger partial charge on any atom is 0.432 e. The fourth-order valence-electron chi connectivity index (χ4n) is 3.96. The Hall–Kier alpha value is -3.95. The van der Waals surface area contributed by atoms with Crippen molar-refractivity contribution in [2.24, 2.45) is 0 Å². The average Bonchev–Trinajstić information content (AvgIpc) is 3.38. The van der Waals surface area contributed by atoms with E-state index in [1.54, 1.807) is 0 Å². The van der Waals surface area contributed by atoms with Gasteiger partial charge in [-0.2, -0.15) is 13.2 Å². The molecule has 0 aliphatic carbocycles. The molecular weight excluding hydrogens is 521 g/mol. The van der Waals surface area contributed by atoms with Crippen LogP contribution in [0.1, 0.15) is 17.7 Å². The number of alkyl halides is 3. The van der Waals surface area contributed by atoms with Crippen LogP contribution < -0.4 is 10.1 Å². The minimum Gasteiger partial charge on any atom is -0.491 e. The van der Waals surface area contributed by atoms with E-state index in [2.05, 4.69) is 44.0 Å². The molecule has 1 fully saturated rings. The smallest absolute Gasteiger partial charge is 0.432 e. The highest BCUT2D eigenvalue weighted by atomic mass is 19.4. The van der Waals surface area contributed by atoms with Crippen molar-refractivity contribution in [3.63, 3.8) is 0 Å². The number of nitrogens with zero attached hydrogens (tertiary/aromatic N) is 3. The number of amides is 1. The molecule has 0 bridgehead atoms. The van der Waals surface area contributed by atoms with Crippen LogP contribution in [-0.2, 0) is 11.0 Å². The van der Waals surface area contributed by atoms with Crippen molar-refractivity contribution < 1.29 is 31.5 Å². The van der Waals surface area contributed by atoms with Crippen molar-refractivity contribution in [3.8, 4) is 29.0 Å². The molecule has 1 aliphatic rings. The fourth-order valence-corrected chi connectivity index (χ4v) is 3.96. The van der Waals surface area contributed by atoms with E-state index in [4.69, 9.17) is 4.74 Å². The SMILES string of the molecule is CN1CCN(CCCOc2ccc(-c3ncc(C(F)(F)F)[nH]3)cc2NC(=O)C#Cc2cc(F)cc(F)c2)CC1. The summed E-state index contributed by atoms with van der Waals surface area (Å²) in [5.74, 6) is 2.39. The van der Waals surface area contributed by atoms with E-state index in [-0.39, 0.29) is 28.4 Å². The van der Waals surface area contributed by atoms with Gasteiger partial charge in [-0.3, -0.25) is 4.79 Å². The number of anilines is 1. The van der Waals surface area contributed by atoms with Gasteiger partial charge in [-0.05, 0) is 43.8 Å². The molecule has 0 atom stereocenters. The first-order valence-electron chi connectivity index (χ1n) is 12.2. The zero-order chi connectivity index (χ0) is 28.0. The zero-order valence-corrected chi connectivity index (χ0v) is 21.0. The van der Waals surface area contributed by atoms with Gasteiger partial charge in [0.1, 0.15) is 28.9 Å². The van der Waals surface area contributed by atoms with Crippen molar-refractivity contribution in [2.75, 3.05) is 51.7 Å². The van der Waals surface area contributed by atoms with E-state index in [1.165, 1.54) is 18.2 Å². The van der Waals surface area contributed by atoms with Gasteiger partial charge in [0.25, 0.3) is 0 Å². The topological polar surface area (TPSA) is 73.5 Å². The van der Waals surface area contributed by atoms with E-state index < -0.39 is 29.4 Å². The number of H-pyrrole nitrogens is 1. The average molecular weight is 548 g/mol. The van der Waals surface area contributed by atoms with E-state index in [1.807, 2.05) is 0 Å². The summed E-state index contributed by atoms with van der Waals surface area (Å²) in [6.45, 7) is 5.07. The molecule has 12 heteroatoms. The molecule has 0 spiro atoms. The minimum absolute atomic E-state index is 0.0351. The monoisotopic (exact) mass is 547 g/mol. The Kier molecular flexibility index (Phi) is 8.83. The normalized spacial score (nSPS) is 14.5. The van der Waals surface area contributed by atoms with Crippen LogP contribution in [0.2, 0.25) is 0 Å². The summed E-state index contributed by atoms with van der Waals surface area (Å²) in [5, 5.41) is 2.55. The molecule has 1 aromatic heterocycles. The van der Waals surface area contributed by atoms with Crippen LogP contribution in [0.4, 0.5) is 27.6 Å². The van der Waals surface area contributed by atoms with Gasteiger partial charge in [0.15, 0.2) is 0 Å². The van der Waals surface area contributed by atoms with Crippen molar-refractivity contribution in [1.29, 1.82) is 0 Å². The number of hydrogen-bond donors (Lipinski definition) is 2. The zero-order valence-electron chi connectivity index (χ0n) is 21.0. The van der Waals surface area contributed by atoms with E-state index in [0.717, 1.165) is 51.3 Å². The maximum atomic E-state index is 13.4. The van der Waals surface area contributed by atoms with Crippen molar-refractivity contribution in [1.82, 2.24) is 19.8 Å². The summed E-state index contributed by atoms with van der Waals surface area (Å²) in [6.07, 6.45) is -3.20. The van der Waals surface area contributed by atoms with Gasteiger partial charge in [0, 0.05) is 55.8 Å². The minimum atomic E-state index is -4.60. The lowest BCUT2D eigenvalue weighted by Crippen LogP contribution is -2.44. The predicted molar refractivity (Wildman–Crippen MR) is 135 cm³/mol. The van der Waals surface area contributed by atoms with Crippen molar-refractivity contribution in [3.05, 3.63) is 65.5 Å². The number of aromatic nitrogens is 2. The Morgan fingerprint density at radius 3 is 2.49 bits per heavy atom. The highest BCUT2D eigenvalue weighted by Gasteiger charge is 2.33. The largest absolute Gasteiger partial charge is 0.491 e. The lowest BCUT2D eigenvalue weighted by molar-refractivity contribution is -0.140. The molecular formula is C27H26F5N5O2. The Morgan fingerprint density at radius 2 is 1.82 bits per heavy atom. The molecule has 1 saturated heterocycles. The molecule has 0 radical (unpaired) electrons. The van der Waals surface area contributed by atoms with Crippen molar-refractivity contribution in [2.45, 2.75) is 12.6 Å². The summed E-state index contributed by atoms with van der Waals surface area (Å²) in [4.78, 5) is 23.1. The number of carbonyl (C=O) groups is 1. The summed E-state index contributed by atoms with van der Waals surface area (Å²) in [5.41, 5.74) is -0.625. The summed E-state index contributed by atoms with van der Waals surface area (Å²) < 4.78 is 71.8. The number of likely N-dealkylation sites (N-methyl/N-ethyl adjacent to an activating group) is 1. The van der Waals surface area contributed by atoms with Crippen molar-refractivity contribution >= 4 is 11.6 Å². The highest BCUT2D eigenvalue weighted by Crippen LogP contribution is 2.33. The lowest BCUT2D eigenvalue weighted by atomic mass is 10.1. The number of nitrogens with one attached hydrogen (secondary N) is 2. The second kappa shape index (κ2) is 12.3. The third kappa shape index (κ3) is 8.02. The van der Waals surface area contributed by atoms with Gasteiger partial charge in [0.05, 0.1) is 18.5 Å². The second-order valence-corrected chi connectivity index (χ2v) is 9.06. The number of imidazole rings is 1. The van der Waals surface area contributed by atoms with E-state index in [0.29, 0.717) is 18.9 Å². The first-order chi connectivity index (χ1) is 18.6. The number of ether oxygens (including phenoxy) is 1. The molecule has 3 aromatic rings. The van der Waals surface area contributed by atoms with Gasteiger partial charge in [-0.1, -0.05) is 5.92 Å². The van der Waals surface area contributed by atoms with Crippen LogP contribution in [0, 0.1) is 23.5 Å². The summed E-state index contributed by atoms with van der Waals surface area (Å²) in [6, 6.07) is 7.10. The number of benzene rings is 2. The Labute approximate surface area is 222 Å². The molecule has 0 unspecified atom stereocenters. The third-order valence-corrected chi connectivity index (χ3v) is 6.04. The Balaban J connectivity index is 1.49. The molecule has 1 amide bonds. The molecule has 7 nitrogen and oxygen atoms in total. The summed E-state index contributed by atoms with van der Waals surface area (Å²) >= 11 is 0. The first kappa shape index (κ1) is 28.1. The van der Waals surface area contributed by atoms with Gasteiger partial charge in [-0.15, -0.1) is 0 Å². The molecule has 206 valence electrons. The van der Waals surface area contributed by atoms with Crippen LogP contribution in [0.25, 0.3) is 11.4 Å². The summed E-state index contributed by atoms with van der Waals surface area (Å²) in [7, 11) is 2.08. The quantitative estimate of drug-likeness (QED) is 0.261. The lowest BCUT2D eigenvalue weighted by Gasteiger charge is -2.32.